The molecule has 0 aromatic heterocycles. The first kappa shape index (κ1) is 34.6. The number of nitrogens with zero attached hydrogens (tertiary/aromatic N) is 4. The third-order valence-corrected chi connectivity index (χ3v) is 9.08. The second kappa shape index (κ2) is 16.3. The van der Waals surface area contributed by atoms with Crippen molar-refractivity contribution in [3.63, 3.8) is 0 Å². The Bertz CT molecular complexity index is 1390. The zero-order valence-electron chi connectivity index (χ0n) is 25.7. The average Bonchev–Trinajstić information content (AvgIpc) is 3.00. The van der Waals surface area contributed by atoms with Crippen LogP contribution in [0.1, 0.15) is 58.3 Å². The molecule has 240 valence electrons. The predicted octanol–water partition coefficient (Wildman–Crippen LogP) is 5.04. The van der Waals surface area contributed by atoms with Crippen molar-refractivity contribution in [3.8, 4) is 0 Å². The number of nitrogens with one attached hydrogen (secondary N) is 1. The number of rotatable bonds is 16. The largest absolute Gasteiger partial charge is 0.481 e. The van der Waals surface area contributed by atoms with Crippen molar-refractivity contribution in [3.05, 3.63) is 48.5 Å². The number of benzene rings is 2. The molecule has 0 spiro atoms. The Morgan fingerprint density at radius 2 is 1.50 bits per heavy atom. The summed E-state index contributed by atoms with van der Waals surface area (Å²) in [5.41, 5.74) is 2.05. The third-order valence-electron chi connectivity index (χ3n) is 7.60. The summed E-state index contributed by atoms with van der Waals surface area (Å²) in [6, 6.07) is 13.8. The van der Waals surface area contributed by atoms with Crippen LogP contribution in [0.3, 0.4) is 0 Å². The highest BCUT2D eigenvalue weighted by Gasteiger charge is 2.33. The lowest BCUT2D eigenvalue weighted by Gasteiger charge is -2.39. The second-order valence-electron chi connectivity index (χ2n) is 11.6. The number of azo groups is 1. The molecule has 3 rings (SSSR count). The fourth-order valence-electron chi connectivity index (χ4n) is 4.63. The summed E-state index contributed by atoms with van der Waals surface area (Å²) in [6.07, 6.45) is 3.36. The van der Waals surface area contributed by atoms with Crippen molar-refractivity contribution < 1.29 is 32.6 Å². The molecule has 1 aliphatic rings. The molecule has 1 heterocycles. The normalized spacial score (nSPS) is 14.8. The maximum absolute atomic E-state index is 12.7. The first-order chi connectivity index (χ1) is 20.9. The molecule has 0 bridgehead atoms. The number of ether oxygens (including phenoxy) is 1. The number of piperidine rings is 1. The van der Waals surface area contributed by atoms with Crippen LogP contribution in [-0.4, -0.2) is 76.6 Å². The number of unbranched alkanes of at least 4 members (excludes halogenated alkanes) is 2. The van der Waals surface area contributed by atoms with Gasteiger partial charge < -0.3 is 19.6 Å². The van der Waals surface area contributed by atoms with E-state index in [-0.39, 0.29) is 42.2 Å². The Balaban J connectivity index is 1.31. The summed E-state index contributed by atoms with van der Waals surface area (Å²) < 4.78 is 33.2. The third kappa shape index (κ3) is 11.3. The minimum Gasteiger partial charge on any atom is -0.481 e. The van der Waals surface area contributed by atoms with Crippen LogP contribution in [0.4, 0.5) is 17.1 Å². The average molecular weight is 630 g/mol. The van der Waals surface area contributed by atoms with Gasteiger partial charge in [-0.1, -0.05) is 13.3 Å². The number of sulfonamides is 1. The number of anilines is 1. The number of carboxylic acid groups (broad SMARTS) is 1. The van der Waals surface area contributed by atoms with E-state index in [0.29, 0.717) is 63.0 Å². The summed E-state index contributed by atoms with van der Waals surface area (Å²) in [7, 11) is 0.250. The molecule has 2 N–H and O–H groups in total. The molecule has 0 aliphatic carbocycles. The minimum absolute atomic E-state index is 0.0638. The van der Waals surface area contributed by atoms with Crippen LogP contribution < -0.4 is 9.62 Å². The van der Waals surface area contributed by atoms with Crippen LogP contribution in [0.5, 0.6) is 0 Å². The van der Waals surface area contributed by atoms with Gasteiger partial charge in [0.25, 0.3) is 0 Å². The second-order valence-corrected chi connectivity index (χ2v) is 13.3. The molecule has 1 fully saturated rings. The van der Waals surface area contributed by atoms with Gasteiger partial charge in [-0.25, -0.2) is 13.1 Å². The number of carbonyl (C=O) groups is 3. The van der Waals surface area contributed by atoms with E-state index in [9.17, 15) is 22.8 Å². The molecule has 12 nitrogen and oxygen atoms in total. The number of carboxylic acids is 1. The van der Waals surface area contributed by atoms with Crippen LogP contribution in [0.15, 0.2) is 63.7 Å². The molecule has 0 unspecified atom stereocenters. The molecule has 0 atom stereocenters. The molecule has 1 amide bonds. The first-order valence-corrected chi connectivity index (χ1v) is 16.3. The van der Waals surface area contributed by atoms with E-state index in [1.807, 2.05) is 55.1 Å². The van der Waals surface area contributed by atoms with Crippen molar-refractivity contribution >= 4 is 44.9 Å². The Morgan fingerprint density at radius 3 is 2.07 bits per heavy atom. The first-order valence-electron chi connectivity index (χ1n) is 14.8. The zero-order chi connectivity index (χ0) is 32.2. The van der Waals surface area contributed by atoms with Crippen LogP contribution in [-0.2, 0) is 29.1 Å². The molecule has 2 aromatic carbocycles. The number of esters is 1. The summed E-state index contributed by atoms with van der Waals surface area (Å²) in [6.45, 7) is 3.64. The van der Waals surface area contributed by atoms with Crippen molar-refractivity contribution in [1.82, 2.24) is 9.62 Å². The summed E-state index contributed by atoms with van der Waals surface area (Å²) in [5, 5.41) is 17.1. The maximum Gasteiger partial charge on any atom is 0.306 e. The summed E-state index contributed by atoms with van der Waals surface area (Å²) >= 11 is 0. The number of amides is 1. The zero-order valence-corrected chi connectivity index (χ0v) is 26.5. The molecular weight excluding hydrogens is 586 g/mol. The Morgan fingerprint density at radius 1 is 0.909 bits per heavy atom. The van der Waals surface area contributed by atoms with Gasteiger partial charge >= 0.3 is 11.9 Å². The van der Waals surface area contributed by atoms with Crippen LogP contribution in [0, 0.1) is 5.41 Å². The lowest BCUT2D eigenvalue weighted by molar-refractivity contribution is -0.151. The molecule has 1 aliphatic heterocycles. The van der Waals surface area contributed by atoms with Gasteiger partial charge in [-0.3, -0.25) is 14.4 Å². The van der Waals surface area contributed by atoms with E-state index in [1.165, 1.54) is 12.1 Å². The monoisotopic (exact) mass is 629 g/mol. The molecule has 13 heteroatoms. The van der Waals surface area contributed by atoms with Crippen LogP contribution >= 0.6 is 0 Å². The summed E-state index contributed by atoms with van der Waals surface area (Å²) in [4.78, 5) is 38.9. The van der Waals surface area contributed by atoms with Gasteiger partial charge in [0.2, 0.25) is 15.9 Å². The summed E-state index contributed by atoms with van der Waals surface area (Å²) in [5.74, 6) is -1.49. The highest BCUT2D eigenvalue weighted by molar-refractivity contribution is 7.89. The lowest BCUT2D eigenvalue weighted by Crippen LogP contribution is -2.44. The highest BCUT2D eigenvalue weighted by atomic mass is 32.2. The fourth-order valence-corrected chi connectivity index (χ4v) is 5.70. The molecule has 2 aromatic rings. The number of aliphatic carboxylic acids is 1. The van der Waals surface area contributed by atoms with Crippen LogP contribution in [0.2, 0.25) is 0 Å². The highest BCUT2D eigenvalue weighted by Crippen LogP contribution is 2.32. The van der Waals surface area contributed by atoms with Gasteiger partial charge in [-0.05, 0) is 74.2 Å². The Hall–Kier alpha value is -3.84. The molecule has 1 saturated heterocycles. The van der Waals surface area contributed by atoms with Gasteiger partial charge in [0, 0.05) is 51.3 Å². The smallest absolute Gasteiger partial charge is 0.306 e. The number of carbonyl (C=O) groups excluding carboxylic acids is 2. The lowest BCUT2D eigenvalue weighted by atomic mass is 9.81. The number of likely N-dealkylation sites (tertiary alicyclic amines) is 1. The number of hydrogen-bond acceptors (Lipinski definition) is 9. The van der Waals surface area contributed by atoms with Crippen molar-refractivity contribution in [2.75, 3.05) is 45.2 Å². The van der Waals surface area contributed by atoms with Gasteiger partial charge in [0.05, 0.1) is 35.7 Å². The topological polar surface area (TPSA) is 158 Å². The standard InChI is InChI=1S/C31H43N5O7S/c1-31(23-43-30(40)17-16-29(38)39)18-21-36(22-19-31)28(37)7-5-4-6-20-32-44(41,42)27-14-10-25(11-15-27)34-33-24-8-12-26(13-9-24)35(2)3/h8-15,32H,4-7,16-23H2,1-3H3,(H,38,39). The van der Waals surface area contributed by atoms with Crippen molar-refractivity contribution in [1.29, 1.82) is 0 Å². The molecular formula is C31H43N5O7S. The maximum atomic E-state index is 12.7. The van der Waals surface area contributed by atoms with E-state index in [0.717, 1.165) is 5.69 Å². The van der Waals surface area contributed by atoms with E-state index >= 15 is 0 Å². The van der Waals surface area contributed by atoms with E-state index < -0.39 is 22.0 Å². The van der Waals surface area contributed by atoms with Gasteiger partial charge in [0.15, 0.2) is 0 Å². The van der Waals surface area contributed by atoms with E-state index in [4.69, 9.17) is 9.84 Å². The quantitative estimate of drug-likeness (QED) is 0.148. The Kier molecular flexibility index (Phi) is 12.8. The van der Waals surface area contributed by atoms with E-state index in [2.05, 4.69) is 15.0 Å². The Labute approximate surface area is 259 Å². The molecule has 0 saturated carbocycles. The molecule has 44 heavy (non-hydrogen) atoms. The SMILES string of the molecule is CN(C)c1ccc(N=Nc2ccc(S(=O)(=O)NCCCCCC(=O)N3CCC(C)(COC(=O)CCC(=O)O)CC3)cc2)cc1. The molecule has 0 radical (unpaired) electrons. The van der Waals surface area contributed by atoms with Gasteiger partial charge in [-0.2, -0.15) is 10.2 Å². The van der Waals surface area contributed by atoms with Crippen molar-refractivity contribution in [2.24, 2.45) is 15.6 Å². The predicted molar refractivity (Wildman–Crippen MR) is 167 cm³/mol. The van der Waals surface area contributed by atoms with E-state index in [1.54, 1.807) is 12.1 Å². The van der Waals surface area contributed by atoms with Crippen molar-refractivity contribution in [2.45, 2.75) is 63.2 Å². The minimum atomic E-state index is -3.67. The fraction of sp³-hybridized carbons (Fsp3) is 0.516. The van der Waals surface area contributed by atoms with Gasteiger partial charge in [-0.15, -0.1) is 0 Å². The number of hydrogen-bond donors (Lipinski definition) is 2. The van der Waals surface area contributed by atoms with Crippen LogP contribution in [0.25, 0.3) is 0 Å². The van der Waals surface area contributed by atoms with Gasteiger partial charge in [0.1, 0.15) is 0 Å².